The number of esters is 1. The van der Waals surface area contributed by atoms with E-state index >= 15 is 0 Å². The third-order valence-electron chi connectivity index (χ3n) is 1.91. The van der Waals surface area contributed by atoms with Crippen molar-refractivity contribution in [3.05, 3.63) is 18.1 Å². The number of nitrogens with zero attached hydrogens (tertiary/aromatic N) is 2. The zero-order valence-electron chi connectivity index (χ0n) is 10.6. The summed E-state index contributed by atoms with van der Waals surface area (Å²) >= 11 is 0. The molecule has 1 rings (SSSR count). The maximum Gasteiger partial charge on any atom is 0.358 e. The van der Waals surface area contributed by atoms with Crippen molar-refractivity contribution in [1.82, 2.24) is 15.3 Å². The number of amides is 1. The van der Waals surface area contributed by atoms with Crippen LogP contribution in [0.25, 0.3) is 0 Å². The first-order valence-corrected chi connectivity index (χ1v) is 5.46. The van der Waals surface area contributed by atoms with Crippen LogP contribution >= 0.6 is 0 Å². The number of carbonyl (C=O) groups is 2. The molecule has 0 fully saturated rings. The van der Waals surface area contributed by atoms with Crippen molar-refractivity contribution >= 4 is 17.7 Å². The molecule has 0 aliphatic rings. The van der Waals surface area contributed by atoms with E-state index in [2.05, 4.69) is 25.3 Å². The summed E-state index contributed by atoms with van der Waals surface area (Å²) in [7, 11) is 1.26. The summed E-state index contributed by atoms with van der Waals surface area (Å²) in [5.74, 6) is -0.384. The lowest BCUT2D eigenvalue weighted by Crippen LogP contribution is -2.35. The van der Waals surface area contributed by atoms with E-state index in [1.807, 2.05) is 13.8 Å². The van der Waals surface area contributed by atoms with Crippen molar-refractivity contribution < 1.29 is 14.3 Å². The van der Waals surface area contributed by atoms with Crippen LogP contribution in [-0.4, -0.2) is 41.5 Å². The van der Waals surface area contributed by atoms with Gasteiger partial charge in [-0.2, -0.15) is 0 Å². The van der Waals surface area contributed by atoms with E-state index in [0.717, 1.165) is 0 Å². The van der Waals surface area contributed by atoms with Crippen molar-refractivity contribution in [3.63, 3.8) is 0 Å². The first kappa shape index (κ1) is 13.9. The highest BCUT2D eigenvalue weighted by Gasteiger charge is 2.09. The molecule has 1 aromatic rings. The molecule has 0 unspecified atom stereocenters. The molecule has 7 nitrogen and oxygen atoms in total. The maximum absolute atomic E-state index is 11.4. The maximum atomic E-state index is 11.4. The zero-order valence-corrected chi connectivity index (χ0v) is 10.6. The van der Waals surface area contributed by atoms with Gasteiger partial charge in [0.1, 0.15) is 5.82 Å². The standard InChI is InChI=1S/C11H16N4O3/c1-7(2)14-10(16)6-13-9-5-12-4-8(15-9)11(17)18-3/h4-5,7H,6H2,1-3H3,(H,13,15)(H,14,16). The molecule has 7 heteroatoms. The van der Waals surface area contributed by atoms with Crippen molar-refractivity contribution in [1.29, 1.82) is 0 Å². The van der Waals surface area contributed by atoms with E-state index in [0.29, 0.717) is 5.82 Å². The molecule has 0 aliphatic heterocycles. The quantitative estimate of drug-likeness (QED) is 0.727. The van der Waals surface area contributed by atoms with Crippen LogP contribution in [0.5, 0.6) is 0 Å². The lowest BCUT2D eigenvalue weighted by molar-refractivity contribution is -0.119. The van der Waals surface area contributed by atoms with Crippen LogP contribution in [-0.2, 0) is 9.53 Å². The smallest absolute Gasteiger partial charge is 0.358 e. The van der Waals surface area contributed by atoms with Gasteiger partial charge in [-0.25, -0.2) is 9.78 Å². The van der Waals surface area contributed by atoms with Crippen molar-refractivity contribution in [2.24, 2.45) is 0 Å². The summed E-state index contributed by atoms with van der Waals surface area (Å²) in [5, 5.41) is 5.50. The van der Waals surface area contributed by atoms with Crippen LogP contribution in [0.1, 0.15) is 24.3 Å². The highest BCUT2D eigenvalue weighted by molar-refractivity contribution is 5.87. The molecule has 1 heterocycles. The summed E-state index contributed by atoms with van der Waals surface area (Å²) < 4.78 is 4.52. The second kappa shape index (κ2) is 6.53. The van der Waals surface area contributed by atoms with Gasteiger partial charge in [0.2, 0.25) is 5.91 Å². The normalized spacial score (nSPS) is 10.0. The molecule has 18 heavy (non-hydrogen) atoms. The number of anilines is 1. The Morgan fingerprint density at radius 1 is 1.39 bits per heavy atom. The Labute approximate surface area is 105 Å². The molecule has 0 atom stereocenters. The van der Waals surface area contributed by atoms with Crippen molar-refractivity contribution in [2.75, 3.05) is 19.0 Å². The average molecular weight is 252 g/mol. The molecule has 1 amide bonds. The van der Waals surface area contributed by atoms with Gasteiger partial charge in [-0.1, -0.05) is 0 Å². The molecule has 0 saturated heterocycles. The van der Waals surface area contributed by atoms with Crippen LogP contribution in [0.4, 0.5) is 5.82 Å². The minimum atomic E-state index is -0.571. The Hall–Kier alpha value is -2.18. The fourth-order valence-corrected chi connectivity index (χ4v) is 1.20. The number of rotatable bonds is 5. The lowest BCUT2D eigenvalue weighted by Gasteiger charge is -2.09. The first-order chi connectivity index (χ1) is 8.52. The number of carbonyl (C=O) groups excluding carboxylic acids is 2. The van der Waals surface area contributed by atoms with Gasteiger partial charge in [0.25, 0.3) is 0 Å². The fourth-order valence-electron chi connectivity index (χ4n) is 1.20. The van der Waals surface area contributed by atoms with Crippen LogP contribution in [0, 0.1) is 0 Å². The summed E-state index contributed by atoms with van der Waals surface area (Å²) in [6.45, 7) is 3.81. The van der Waals surface area contributed by atoms with Gasteiger partial charge in [-0.3, -0.25) is 9.78 Å². The van der Waals surface area contributed by atoms with Gasteiger partial charge in [-0.05, 0) is 13.8 Å². The van der Waals surface area contributed by atoms with Crippen LogP contribution in [0.3, 0.4) is 0 Å². The fraction of sp³-hybridized carbons (Fsp3) is 0.455. The molecule has 0 aliphatic carbocycles. The highest BCUT2D eigenvalue weighted by atomic mass is 16.5. The molecule has 0 saturated carbocycles. The van der Waals surface area contributed by atoms with Gasteiger partial charge in [0, 0.05) is 6.04 Å². The summed E-state index contributed by atoms with van der Waals surface area (Å²) in [5.41, 5.74) is 0.0896. The third kappa shape index (κ3) is 4.36. The number of hydrogen-bond donors (Lipinski definition) is 2. The van der Waals surface area contributed by atoms with Gasteiger partial charge in [-0.15, -0.1) is 0 Å². The molecule has 98 valence electrons. The Morgan fingerprint density at radius 3 is 2.72 bits per heavy atom. The molecule has 1 aromatic heterocycles. The summed E-state index contributed by atoms with van der Waals surface area (Å²) in [6, 6.07) is 0.0757. The van der Waals surface area contributed by atoms with Crippen molar-refractivity contribution in [2.45, 2.75) is 19.9 Å². The van der Waals surface area contributed by atoms with Crippen LogP contribution in [0.15, 0.2) is 12.4 Å². The predicted molar refractivity (Wildman–Crippen MR) is 65.1 cm³/mol. The number of methoxy groups -OCH3 is 1. The Kier molecular flexibility index (Phi) is 5.04. The average Bonchev–Trinajstić information content (AvgIpc) is 2.35. The van der Waals surface area contributed by atoms with E-state index in [-0.39, 0.29) is 24.2 Å². The second-order valence-electron chi connectivity index (χ2n) is 3.86. The molecule has 0 bridgehead atoms. The molecule has 0 aromatic carbocycles. The second-order valence-corrected chi connectivity index (χ2v) is 3.86. The SMILES string of the molecule is COC(=O)c1cncc(NCC(=O)NC(C)C)n1. The largest absolute Gasteiger partial charge is 0.464 e. The van der Waals surface area contributed by atoms with E-state index in [1.165, 1.54) is 19.5 Å². The molecule has 2 N–H and O–H groups in total. The minimum absolute atomic E-state index is 0.0670. The van der Waals surface area contributed by atoms with Crippen molar-refractivity contribution in [3.8, 4) is 0 Å². The first-order valence-electron chi connectivity index (χ1n) is 5.46. The Morgan fingerprint density at radius 2 is 2.11 bits per heavy atom. The molecular formula is C11H16N4O3. The van der Waals surface area contributed by atoms with Crippen LogP contribution < -0.4 is 10.6 Å². The zero-order chi connectivity index (χ0) is 13.5. The summed E-state index contributed by atoms with van der Waals surface area (Å²) in [4.78, 5) is 30.4. The van der Waals surface area contributed by atoms with Crippen LogP contribution in [0.2, 0.25) is 0 Å². The predicted octanol–water partition coefficient (Wildman–Crippen LogP) is 0.200. The molecule has 0 radical (unpaired) electrons. The Bertz CT molecular complexity index is 434. The molecule has 0 spiro atoms. The highest BCUT2D eigenvalue weighted by Crippen LogP contribution is 2.02. The lowest BCUT2D eigenvalue weighted by atomic mass is 10.4. The topological polar surface area (TPSA) is 93.2 Å². The number of hydrogen-bond acceptors (Lipinski definition) is 6. The summed E-state index contributed by atoms with van der Waals surface area (Å²) in [6.07, 6.45) is 2.72. The number of nitrogens with one attached hydrogen (secondary N) is 2. The monoisotopic (exact) mass is 252 g/mol. The number of aromatic nitrogens is 2. The molecular weight excluding hydrogens is 236 g/mol. The van der Waals surface area contributed by atoms with E-state index < -0.39 is 5.97 Å². The third-order valence-corrected chi connectivity index (χ3v) is 1.91. The van der Waals surface area contributed by atoms with E-state index in [1.54, 1.807) is 0 Å². The number of ether oxygens (including phenoxy) is 1. The van der Waals surface area contributed by atoms with E-state index in [4.69, 9.17) is 0 Å². The van der Waals surface area contributed by atoms with Gasteiger partial charge < -0.3 is 15.4 Å². The Balaban J connectivity index is 2.57. The van der Waals surface area contributed by atoms with Gasteiger partial charge >= 0.3 is 5.97 Å². The van der Waals surface area contributed by atoms with Gasteiger partial charge in [0.15, 0.2) is 5.69 Å². The van der Waals surface area contributed by atoms with E-state index in [9.17, 15) is 9.59 Å². The van der Waals surface area contributed by atoms with Gasteiger partial charge in [0.05, 0.1) is 26.0 Å². The minimum Gasteiger partial charge on any atom is -0.464 e.